The molecule has 0 fully saturated rings. The van der Waals surface area contributed by atoms with Gasteiger partial charge >= 0.3 is 0 Å². The average molecular weight is 175 g/mol. The van der Waals surface area contributed by atoms with Crippen molar-refractivity contribution in [1.82, 2.24) is 0 Å². The first kappa shape index (κ1) is 7.37. The molecule has 0 N–H and O–H groups in total. The van der Waals surface area contributed by atoms with E-state index in [1.807, 2.05) is 41.8 Å². The van der Waals surface area contributed by atoms with Crippen LogP contribution in [0.15, 0.2) is 41.8 Å². The van der Waals surface area contributed by atoms with E-state index < -0.39 is 0 Å². The van der Waals surface area contributed by atoms with Crippen LogP contribution in [0.4, 0.5) is 0 Å². The molecule has 0 aliphatic heterocycles. The minimum Gasteiger partial charge on any atom is -0.456 e. The average Bonchev–Trinajstić information content (AvgIpc) is 2.59. The second-order valence-corrected chi connectivity index (χ2v) is 3.02. The predicted octanol–water partition coefficient (Wildman–Crippen LogP) is 3.34. The molecule has 0 amide bonds. The maximum absolute atomic E-state index is 5.50. The van der Waals surface area contributed by atoms with Gasteiger partial charge in [0.1, 0.15) is 11.5 Å². The summed E-state index contributed by atoms with van der Waals surface area (Å²) in [5, 5.41) is 4.89. The zero-order valence-electron chi connectivity index (χ0n) is 6.36. The summed E-state index contributed by atoms with van der Waals surface area (Å²) < 4.78 is 5.50. The Kier molecular flexibility index (Phi) is 2.10. The van der Waals surface area contributed by atoms with Crippen LogP contribution in [0.3, 0.4) is 0 Å². The van der Waals surface area contributed by atoms with Crippen molar-refractivity contribution in [3.8, 4) is 11.5 Å². The van der Waals surface area contributed by atoms with Gasteiger partial charge in [0.2, 0.25) is 0 Å². The Morgan fingerprint density at radius 1 is 1.08 bits per heavy atom. The number of hydrogen-bond acceptors (Lipinski definition) is 2. The Balaban J connectivity index is 2.15. The van der Waals surface area contributed by atoms with Crippen LogP contribution >= 0.6 is 11.3 Å². The van der Waals surface area contributed by atoms with Crippen molar-refractivity contribution in [2.45, 2.75) is 0 Å². The third-order valence-electron chi connectivity index (χ3n) is 1.42. The first-order chi connectivity index (χ1) is 5.95. The van der Waals surface area contributed by atoms with Crippen molar-refractivity contribution in [3.05, 3.63) is 47.2 Å². The van der Waals surface area contributed by atoms with E-state index >= 15 is 0 Å². The van der Waals surface area contributed by atoms with Crippen LogP contribution in [0.5, 0.6) is 11.5 Å². The summed E-state index contributed by atoms with van der Waals surface area (Å²) in [6.45, 7) is 0. The van der Waals surface area contributed by atoms with Crippen LogP contribution in [-0.2, 0) is 0 Å². The molecule has 0 saturated carbocycles. The van der Waals surface area contributed by atoms with Crippen LogP contribution in [-0.4, -0.2) is 0 Å². The maximum Gasteiger partial charge on any atom is 0.138 e. The molecule has 1 heterocycles. The highest BCUT2D eigenvalue weighted by Gasteiger charge is 1.94. The summed E-state index contributed by atoms with van der Waals surface area (Å²) in [4.78, 5) is 0. The molecule has 1 radical (unpaired) electrons. The molecule has 0 saturated heterocycles. The molecular weight excluding hydrogens is 168 g/mol. The lowest BCUT2D eigenvalue weighted by molar-refractivity contribution is 0.485. The van der Waals surface area contributed by atoms with E-state index in [1.165, 1.54) is 11.3 Å². The summed E-state index contributed by atoms with van der Waals surface area (Å²) in [5.74, 6) is 1.72. The molecular formula is C10H7OS. The first-order valence-electron chi connectivity index (χ1n) is 3.62. The molecule has 2 heteroatoms. The lowest BCUT2D eigenvalue weighted by Crippen LogP contribution is -1.78. The minimum atomic E-state index is 0.853. The van der Waals surface area contributed by atoms with Gasteiger partial charge in [-0.3, -0.25) is 0 Å². The molecule has 0 aliphatic rings. The molecule has 2 aromatic rings. The highest BCUT2D eigenvalue weighted by atomic mass is 32.1. The van der Waals surface area contributed by atoms with E-state index in [-0.39, 0.29) is 0 Å². The fraction of sp³-hybridized carbons (Fsp3) is 0. The normalized spacial score (nSPS) is 9.67. The van der Waals surface area contributed by atoms with Gasteiger partial charge in [0.25, 0.3) is 0 Å². The van der Waals surface area contributed by atoms with Crippen LogP contribution in [0, 0.1) is 5.38 Å². The predicted molar refractivity (Wildman–Crippen MR) is 49.7 cm³/mol. The minimum absolute atomic E-state index is 0.853. The fourth-order valence-electron chi connectivity index (χ4n) is 0.896. The SMILES string of the molecule is [c]1cc(Oc2ccccc2)cs1. The van der Waals surface area contributed by atoms with Gasteiger partial charge in [0.05, 0.1) is 0 Å². The van der Waals surface area contributed by atoms with E-state index in [1.54, 1.807) is 0 Å². The Bertz CT molecular complexity index is 326. The summed E-state index contributed by atoms with van der Waals surface area (Å²) in [6, 6.07) is 11.6. The number of ether oxygens (including phenoxy) is 1. The largest absolute Gasteiger partial charge is 0.456 e. The Hall–Kier alpha value is -1.28. The molecule has 0 spiro atoms. The van der Waals surface area contributed by atoms with Crippen molar-refractivity contribution in [2.24, 2.45) is 0 Å². The Morgan fingerprint density at radius 3 is 2.58 bits per heavy atom. The van der Waals surface area contributed by atoms with Crippen LogP contribution in [0.25, 0.3) is 0 Å². The number of benzene rings is 1. The van der Waals surface area contributed by atoms with Crippen molar-refractivity contribution in [1.29, 1.82) is 0 Å². The summed E-state index contributed by atoms with van der Waals surface area (Å²) in [5.41, 5.74) is 0. The highest BCUT2D eigenvalue weighted by molar-refractivity contribution is 7.07. The molecule has 0 unspecified atom stereocenters. The first-order valence-corrected chi connectivity index (χ1v) is 4.50. The fourth-order valence-corrected chi connectivity index (χ4v) is 1.38. The Morgan fingerprint density at radius 2 is 1.92 bits per heavy atom. The third kappa shape index (κ3) is 1.66. The molecule has 1 aromatic heterocycles. The number of rotatable bonds is 2. The van der Waals surface area contributed by atoms with E-state index in [9.17, 15) is 0 Å². The monoisotopic (exact) mass is 175 g/mol. The molecule has 1 aromatic carbocycles. The van der Waals surface area contributed by atoms with Gasteiger partial charge in [0.15, 0.2) is 0 Å². The second-order valence-electron chi connectivity index (χ2n) is 2.32. The Labute approximate surface area is 75.2 Å². The molecule has 0 bridgehead atoms. The molecule has 0 atom stereocenters. The molecule has 0 aliphatic carbocycles. The maximum atomic E-state index is 5.50. The van der Waals surface area contributed by atoms with Gasteiger partial charge in [-0.05, 0) is 12.1 Å². The standard InChI is InChI=1S/C10H7OS/c1-2-4-9(5-3-1)11-10-6-7-12-8-10/h1-6,8H. The van der Waals surface area contributed by atoms with E-state index in [0.29, 0.717) is 0 Å². The highest BCUT2D eigenvalue weighted by Crippen LogP contribution is 2.22. The van der Waals surface area contributed by atoms with E-state index in [0.717, 1.165) is 11.5 Å². The van der Waals surface area contributed by atoms with Gasteiger partial charge < -0.3 is 4.74 Å². The quantitative estimate of drug-likeness (QED) is 0.680. The summed E-state index contributed by atoms with van der Waals surface area (Å²) in [7, 11) is 0. The van der Waals surface area contributed by atoms with Crippen LogP contribution in [0.2, 0.25) is 0 Å². The zero-order valence-corrected chi connectivity index (χ0v) is 7.17. The van der Waals surface area contributed by atoms with Crippen LogP contribution in [0.1, 0.15) is 0 Å². The van der Waals surface area contributed by atoms with Gasteiger partial charge in [-0.25, -0.2) is 0 Å². The molecule has 2 rings (SSSR count). The summed E-state index contributed by atoms with van der Waals surface area (Å²) in [6.07, 6.45) is 0. The van der Waals surface area contributed by atoms with Gasteiger partial charge in [0, 0.05) is 16.8 Å². The van der Waals surface area contributed by atoms with E-state index in [2.05, 4.69) is 5.38 Å². The number of para-hydroxylation sites is 1. The van der Waals surface area contributed by atoms with Gasteiger partial charge in [-0.1, -0.05) is 18.2 Å². The van der Waals surface area contributed by atoms with E-state index in [4.69, 9.17) is 4.74 Å². The smallest absolute Gasteiger partial charge is 0.138 e. The van der Waals surface area contributed by atoms with Gasteiger partial charge in [-0.2, -0.15) is 0 Å². The number of thiophene rings is 1. The van der Waals surface area contributed by atoms with Crippen molar-refractivity contribution < 1.29 is 4.74 Å². The summed E-state index contributed by atoms with van der Waals surface area (Å²) >= 11 is 1.51. The number of hydrogen-bond donors (Lipinski definition) is 0. The zero-order chi connectivity index (χ0) is 8.23. The van der Waals surface area contributed by atoms with Crippen LogP contribution < -0.4 is 4.74 Å². The van der Waals surface area contributed by atoms with Crippen molar-refractivity contribution in [2.75, 3.05) is 0 Å². The van der Waals surface area contributed by atoms with Crippen molar-refractivity contribution in [3.63, 3.8) is 0 Å². The van der Waals surface area contributed by atoms with Gasteiger partial charge in [-0.15, -0.1) is 11.3 Å². The lowest BCUT2D eigenvalue weighted by atomic mass is 10.3. The third-order valence-corrected chi connectivity index (χ3v) is 2.03. The molecule has 1 nitrogen and oxygen atoms in total. The topological polar surface area (TPSA) is 9.23 Å². The second kappa shape index (κ2) is 3.41. The molecule has 59 valence electrons. The molecule has 12 heavy (non-hydrogen) atoms. The lowest BCUT2D eigenvalue weighted by Gasteiger charge is -2.00. The van der Waals surface area contributed by atoms with Crippen molar-refractivity contribution >= 4 is 11.3 Å².